The van der Waals surface area contributed by atoms with Gasteiger partial charge in [-0.25, -0.2) is 0 Å². The minimum atomic E-state index is -0.170. The maximum absolute atomic E-state index is 11.4. The van der Waals surface area contributed by atoms with Gasteiger partial charge in [0.2, 0.25) is 0 Å². The Morgan fingerprint density at radius 1 is 1.14 bits per heavy atom. The van der Waals surface area contributed by atoms with Crippen molar-refractivity contribution >= 4 is 18.2 Å². The van der Waals surface area contributed by atoms with Crippen LogP contribution < -0.4 is 5.73 Å². The summed E-state index contributed by atoms with van der Waals surface area (Å²) in [6.07, 6.45) is 0.539. The predicted octanol–water partition coefficient (Wildman–Crippen LogP) is 3.36. The van der Waals surface area contributed by atoms with Crippen LogP contribution in [0.15, 0.2) is 48.5 Å². The van der Waals surface area contributed by atoms with E-state index in [4.69, 9.17) is 10.8 Å². The Balaban J connectivity index is 0.00000220. The van der Waals surface area contributed by atoms with E-state index in [2.05, 4.69) is 0 Å². The van der Waals surface area contributed by atoms with Crippen molar-refractivity contribution in [1.29, 1.82) is 0 Å². The highest BCUT2D eigenvalue weighted by molar-refractivity contribution is 5.95. The molecule has 112 valence electrons. The summed E-state index contributed by atoms with van der Waals surface area (Å²) in [6, 6.07) is 15.3. The van der Waals surface area contributed by atoms with E-state index in [9.17, 15) is 4.79 Å². The number of aliphatic hydroxyl groups excluding tert-OH is 1. The molecule has 0 amide bonds. The van der Waals surface area contributed by atoms with Crippen molar-refractivity contribution in [3.05, 3.63) is 59.7 Å². The average molecular weight is 306 g/mol. The average Bonchev–Trinajstić information content (AvgIpc) is 2.48. The number of carbonyl (C=O) groups is 1. The molecule has 0 bridgehead atoms. The largest absolute Gasteiger partial charge is 0.396 e. The fourth-order valence-corrected chi connectivity index (χ4v) is 2.17. The van der Waals surface area contributed by atoms with Gasteiger partial charge in [-0.3, -0.25) is 4.79 Å². The minimum Gasteiger partial charge on any atom is -0.396 e. The van der Waals surface area contributed by atoms with Crippen LogP contribution in [0.1, 0.15) is 35.3 Å². The van der Waals surface area contributed by atoms with Gasteiger partial charge in [-0.05, 0) is 42.2 Å². The van der Waals surface area contributed by atoms with Crippen molar-refractivity contribution in [1.82, 2.24) is 0 Å². The summed E-state index contributed by atoms with van der Waals surface area (Å²) in [5.74, 6) is 0.0555. The van der Waals surface area contributed by atoms with Crippen LogP contribution in [0.5, 0.6) is 0 Å². The molecular formula is C17H20ClNO2. The number of Topliss-reactive ketones (excluding diaryl/α,β-unsaturated/α-hetero) is 1. The number of halogens is 1. The quantitative estimate of drug-likeness (QED) is 0.833. The van der Waals surface area contributed by atoms with Crippen molar-refractivity contribution < 1.29 is 9.90 Å². The topological polar surface area (TPSA) is 63.3 Å². The highest BCUT2D eigenvalue weighted by atomic mass is 35.5. The molecule has 0 fully saturated rings. The first-order valence-electron chi connectivity index (χ1n) is 6.69. The number of nitrogens with two attached hydrogens (primary N) is 1. The minimum absolute atomic E-state index is 0. The third-order valence-corrected chi connectivity index (χ3v) is 3.36. The summed E-state index contributed by atoms with van der Waals surface area (Å²) in [7, 11) is 0. The van der Waals surface area contributed by atoms with E-state index in [0.717, 1.165) is 16.7 Å². The zero-order chi connectivity index (χ0) is 14.5. The molecule has 0 heterocycles. The van der Waals surface area contributed by atoms with Crippen molar-refractivity contribution in [2.45, 2.75) is 19.4 Å². The number of carbonyl (C=O) groups excluding carboxylic acids is 1. The number of benzene rings is 2. The molecule has 1 atom stereocenters. The maximum atomic E-state index is 11.4. The number of rotatable bonds is 5. The molecule has 21 heavy (non-hydrogen) atoms. The lowest BCUT2D eigenvalue weighted by atomic mass is 9.97. The molecule has 0 radical (unpaired) electrons. The monoisotopic (exact) mass is 305 g/mol. The number of ketones is 1. The third-order valence-electron chi connectivity index (χ3n) is 3.36. The normalized spacial score (nSPS) is 11.6. The first kappa shape index (κ1) is 17.4. The van der Waals surface area contributed by atoms with E-state index in [1.165, 1.54) is 0 Å². The molecule has 0 saturated carbocycles. The van der Waals surface area contributed by atoms with Crippen molar-refractivity contribution in [2.24, 2.45) is 5.73 Å². The molecule has 1 unspecified atom stereocenters. The molecule has 4 heteroatoms. The fourth-order valence-electron chi connectivity index (χ4n) is 2.17. The zero-order valence-corrected chi connectivity index (χ0v) is 12.8. The molecule has 3 nitrogen and oxygen atoms in total. The predicted molar refractivity (Wildman–Crippen MR) is 87.8 cm³/mol. The molecule has 0 spiro atoms. The lowest BCUT2D eigenvalue weighted by Gasteiger charge is -2.12. The smallest absolute Gasteiger partial charge is 0.159 e. The molecular weight excluding hydrogens is 286 g/mol. The van der Waals surface area contributed by atoms with Gasteiger partial charge >= 0.3 is 0 Å². The SMILES string of the molecule is CC(=O)c1cccc(-c2cccc(C(N)CCO)c2)c1.Cl. The van der Waals surface area contributed by atoms with E-state index < -0.39 is 0 Å². The first-order valence-corrected chi connectivity index (χ1v) is 6.69. The Morgan fingerprint density at radius 3 is 2.38 bits per heavy atom. The summed E-state index contributed by atoms with van der Waals surface area (Å²) in [5, 5.41) is 8.96. The van der Waals surface area contributed by atoms with E-state index in [0.29, 0.717) is 12.0 Å². The Bertz CT molecular complexity index is 613. The van der Waals surface area contributed by atoms with E-state index in [-0.39, 0.29) is 30.8 Å². The lowest BCUT2D eigenvalue weighted by molar-refractivity contribution is 0.101. The fraction of sp³-hybridized carbons (Fsp3) is 0.235. The standard InChI is InChI=1S/C17H19NO2.ClH/c1-12(20)13-4-2-5-14(10-13)15-6-3-7-16(11-15)17(18)8-9-19;/h2-7,10-11,17,19H,8-9,18H2,1H3;1H. The molecule has 0 saturated heterocycles. The van der Waals surface area contributed by atoms with E-state index in [1.54, 1.807) is 6.92 Å². The van der Waals surface area contributed by atoms with Gasteiger partial charge in [-0.1, -0.05) is 36.4 Å². The first-order chi connectivity index (χ1) is 9.61. The summed E-state index contributed by atoms with van der Waals surface area (Å²) in [6.45, 7) is 1.64. The van der Waals surface area contributed by atoms with Crippen LogP contribution in [0.2, 0.25) is 0 Å². The van der Waals surface area contributed by atoms with Gasteiger partial charge in [0, 0.05) is 18.2 Å². The van der Waals surface area contributed by atoms with Gasteiger partial charge in [0.25, 0.3) is 0 Å². The van der Waals surface area contributed by atoms with Gasteiger partial charge in [0.1, 0.15) is 0 Å². The van der Waals surface area contributed by atoms with Crippen LogP contribution in [0.3, 0.4) is 0 Å². The molecule has 2 aromatic carbocycles. The lowest BCUT2D eigenvalue weighted by Crippen LogP contribution is -2.11. The summed E-state index contributed by atoms with van der Waals surface area (Å²) >= 11 is 0. The zero-order valence-electron chi connectivity index (χ0n) is 12.0. The van der Waals surface area contributed by atoms with Crippen LogP contribution in [-0.4, -0.2) is 17.5 Å². The highest BCUT2D eigenvalue weighted by Crippen LogP contribution is 2.24. The molecule has 0 aliphatic carbocycles. The van der Waals surface area contributed by atoms with E-state index >= 15 is 0 Å². The number of aliphatic hydroxyl groups is 1. The van der Waals surface area contributed by atoms with Crippen LogP contribution in [0, 0.1) is 0 Å². The molecule has 2 aromatic rings. The molecule has 0 aromatic heterocycles. The van der Waals surface area contributed by atoms with Gasteiger partial charge < -0.3 is 10.8 Å². The molecule has 3 N–H and O–H groups in total. The second-order valence-corrected chi connectivity index (χ2v) is 4.88. The van der Waals surface area contributed by atoms with Gasteiger partial charge in [-0.15, -0.1) is 12.4 Å². The van der Waals surface area contributed by atoms with Crippen molar-refractivity contribution in [2.75, 3.05) is 6.61 Å². The summed E-state index contributed by atoms with van der Waals surface area (Å²) in [5.41, 5.74) is 9.73. The van der Waals surface area contributed by atoms with Crippen molar-refractivity contribution in [3.8, 4) is 11.1 Å². The Morgan fingerprint density at radius 2 is 1.76 bits per heavy atom. The second kappa shape index (κ2) is 7.93. The van der Waals surface area contributed by atoms with E-state index in [1.807, 2.05) is 48.5 Å². The third kappa shape index (κ3) is 4.39. The Kier molecular flexibility index (Phi) is 6.56. The summed E-state index contributed by atoms with van der Waals surface area (Å²) < 4.78 is 0. The number of hydrogen-bond donors (Lipinski definition) is 2. The summed E-state index contributed by atoms with van der Waals surface area (Å²) in [4.78, 5) is 11.4. The molecule has 0 aliphatic heterocycles. The van der Waals surface area contributed by atoms with Crippen LogP contribution >= 0.6 is 12.4 Å². The Labute approximate surface area is 131 Å². The van der Waals surface area contributed by atoms with Crippen LogP contribution in [0.25, 0.3) is 11.1 Å². The molecule has 2 rings (SSSR count). The molecule has 0 aliphatic rings. The highest BCUT2D eigenvalue weighted by Gasteiger charge is 2.07. The van der Waals surface area contributed by atoms with Crippen LogP contribution in [-0.2, 0) is 0 Å². The second-order valence-electron chi connectivity index (χ2n) is 4.88. The van der Waals surface area contributed by atoms with Gasteiger partial charge in [-0.2, -0.15) is 0 Å². The van der Waals surface area contributed by atoms with Crippen LogP contribution in [0.4, 0.5) is 0 Å². The van der Waals surface area contributed by atoms with Gasteiger partial charge in [0.05, 0.1) is 0 Å². The maximum Gasteiger partial charge on any atom is 0.159 e. The van der Waals surface area contributed by atoms with Crippen molar-refractivity contribution in [3.63, 3.8) is 0 Å². The Hall–Kier alpha value is -1.68. The number of hydrogen-bond acceptors (Lipinski definition) is 3. The van der Waals surface area contributed by atoms with Gasteiger partial charge in [0.15, 0.2) is 5.78 Å².